The molecule has 0 saturated carbocycles. The second-order valence-corrected chi connectivity index (χ2v) is 5.92. The number of hydrogen-bond donors (Lipinski definition) is 1. The van der Waals surface area contributed by atoms with Gasteiger partial charge in [0.15, 0.2) is 0 Å². The molecule has 3 rings (SSSR count). The molecular weight excluding hydrogens is 270 g/mol. The molecule has 0 aliphatic carbocycles. The summed E-state index contributed by atoms with van der Waals surface area (Å²) in [6.45, 7) is 6.33. The number of aryl methyl sites for hydroxylation is 1. The van der Waals surface area contributed by atoms with Gasteiger partial charge in [0.25, 0.3) is 5.91 Å². The van der Waals surface area contributed by atoms with Crippen LogP contribution in [0.1, 0.15) is 31.4 Å². The molecule has 2 aliphatic heterocycles. The van der Waals surface area contributed by atoms with Crippen molar-refractivity contribution in [2.45, 2.75) is 45.4 Å². The van der Waals surface area contributed by atoms with E-state index in [2.05, 4.69) is 19.7 Å². The lowest BCUT2D eigenvalue weighted by Crippen LogP contribution is -2.50. The first kappa shape index (κ1) is 14.5. The third-order valence-electron chi connectivity index (χ3n) is 4.34. The summed E-state index contributed by atoms with van der Waals surface area (Å²) in [5.74, 6) is 1.98. The maximum Gasteiger partial charge on any atom is 0.251 e. The fourth-order valence-electron chi connectivity index (χ4n) is 3.08. The summed E-state index contributed by atoms with van der Waals surface area (Å²) in [6, 6.07) is 0. The van der Waals surface area contributed by atoms with Crippen molar-refractivity contribution in [3.05, 3.63) is 11.6 Å². The number of nitrogens with zero attached hydrogens (tertiary/aromatic N) is 5. The second kappa shape index (κ2) is 6.11. The van der Waals surface area contributed by atoms with E-state index in [-0.39, 0.29) is 5.91 Å². The molecule has 1 aromatic rings. The number of carbonyl (C=O) groups is 1. The average Bonchev–Trinajstić information content (AvgIpc) is 2.91. The Bertz CT molecular complexity index is 505. The summed E-state index contributed by atoms with van der Waals surface area (Å²) >= 11 is 0. The summed E-state index contributed by atoms with van der Waals surface area (Å²) in [6.07, 6.45) is 2.54. The Labute approximate surface area is 124 Å². The summed E-state index contributed by atoms with van der Waals surface area (Å²) in [5, 5.41) is 18.0. The van der Waals surface area contributed by atoms with E-state index >= 15 is 0 Å². The highest BCUT2D eigenvalue weighted by Crippen LogP contribution is 2.16. The lowest BCUT2D eigenvalue weighted by atomic mass is 10.1. The Balaban J connectivity index is 1.56. The highest BCUT2D eigenvalue weighted by atomic mass is 16.3. The molecule has 1 unspecified atom stereocenters. The fraction of sp³-hybridized carbons (Fsp3) is 0.786. The molecule has 1 aromatic heterocycles. The van der Waals surface area contributed by atoms with Crippen LogP contribution in [-0.4, -0.2) is 67.9 Å². The van der Waals surface area contributed by atoms with E-state index in [0.29, 0.717) is 13.1 Å². The van der Waals surface area contributed by atoms with Gasteiger partial charge in [-0.05, 0) is 19.8 Å². The standard InChI is InChI=1S/C14H23N5O2/c1-11(20)14(21)18-8-6-17(7-9-18)10-13-16-15-12-4-2-3-5-19(12)13/h11,20H,2-10H2,1H3. The molecule has 7 nitrogen and oxygen atoms in total. The van der Waals surface area contributed by atoms with Gasteiger partial charge in [-0.3, -0.25) is 9.69 Å². The predicted octanol–water partition coefficient (Wildman–Crippen LogP) is -0.361. The zero-order valence-corrected chi connectivity index (χ0v) is 12.5. The number of fused-ring (bicyclic) bond motifs is 1. The van der Waals surface area contributed by atoms with Crippen LogP contribution in [0.15, 0.2) is 0 Å². The maximum absolute atomic E-state index is 11.7. The number of rotatable bonds is 3. The number of aromatic nitrogens is 3. The Morgan fingerprint density at radius 3 is 2.67 bits per heavy atom. The van der Waals surface area contributed by atoms with Crippen LogP contribution in [0, 0.1) is 0 Å². The number of piperazine rings is 1. The van der Waals surface area contributed by atoms with E-state index in [1.54, 1.807) is 4.90 Å². The molecule has 2 aliphatic rings. The lowest BCUT2D eigenvalue weighted by molar-refractivity contribution is -0.141. The van der Waals surface area contributed by atoms with Crippen LogP contribution >= 0.6 is 0 Å². The molecule has 3 heterocycles. The molecule has 116 valence electrons. The van der Waals surface area contributed by atoms with Crippen LogP contribution in [0.5, 0.6) is 0 Å². The minimum atomic E-state index is -0.903. The Morgan fingerprint density at radius 1 is 1.19 bits per heavy atom. The zero-order chi connectivity index (χ0) is 14.8. The van der Waals surface area contributed by atoms with Crippen LogP contribution in [0.25, 0.3) is 0 Å². The second-order valence-electron chi connectivity index (χ2n) is 5.92. The van der Waals surface area contributed by atoms with Gasteiger partial charge in [0.2, 0.25) is 0 Å². The fourth-order valence-corrected chi connectivity index (χ4v) is 3.08. The van der Waals surface area contributed by atoms with Crippen molar-refractivity contribution in [2.24, 2.45) is 0 Å². The quantitative estimate of drug-likeness (QED) is 0.824. The molecule has 1 atom stereocenters. The SMILES string of the molecule is CC(O)C(=O)N1CCN(Cc2nnc3n2CCCC3)CC1. The van der Waals surface area contributed by atoms with Crippen molar-refractivity contribution in [3.8, 4) is 0 Å². The van der Waals surface area contributed by atoms with Gasteiger partial charge in [0.1, 0.15) is 17.8 Å². The number of hydrogen-bond acceptors (Lipinski definition) is 5. The maximum atomic E-state index is 11.7. The molecule has 0 radical (unpaired) electrons. The van der Waals surface area contributed by atoms with Crippen LogP contribution in [0.2, 0.25) is 0 Å². The van der Waals surface area contributed by atoms with Crippen LogP contribution in [-0.2, 0) is 24.3 Å². The summed E-state index contributed by atoms with van der Waals surface area (Å²) in [5.41, 5.74) is 0. The molecular formula is C14H23N5O2. The van der Waals surface area contributed by atoms with Crippen LogP contribution < -0.4 is 0 Å². The van der Waals surface area contributed by atoms with E-state index in [1.165, 1.54) is 19.8 Å². The largest absolute Gasteiger partial charge is 0.384 e. The highest BCUT2D eigenvalue weighted by Gasteiger charge is 2.25. The predicted molar refractivity (Wildman–Crippen MR) is 76.5 cm³/mol. The van der Waals surface area contributed by atoms with Gasteiger partial charge < -0.3 is 14.6 Å². The third-order valence-corrected chi connectivity index (χ3v) is 4.34. The van der Waals surface area contributed by atoms with Crippen molar-refractivity contribution in [1.29, 1.82) is 0 Å². The highest BCUT2D eigenvalue weighted by molar-refractivity contribution is 5.80. The Kier molecular flexibility index (Phi) is 4.21. The Morgan fingerprint density at radius 2 is 1.95 bits per heavy atom. The van der Waals surface area contributed by atoms with E-state index in [1.807, 2.05) is 0 Å². The van der Waals surface area contributed by atoms with Gasteiger partial charge in [-0.25, -0.2) is 0 Å². The molecule has 1 N–H and O–H groups in total. The van der Waals surface area contributed by atoms with Gasteiger partial charge in [-0.15, -0.1) is 10.2 Å². The third kappa shape index (κ3) is 3.08. The molecule has 21 heavy (non-hydrogen) atoms. The van der Waals surface area contributed by atoms with Gasteiger partial charge in [0, 0.05) is 39.1 Å². The van der Waals surface area contributed by atoms with Crippen molar-refractivity contribution in [3.63, 3.8) is 0 Å². The van der Waals surface area contributed by atoms with Crippen molar-refractivity contribution in [2.75, 3.05) is 26.2 Å². The number of aliphatic hydroxyl groups is 1. The first-order chi connectivity index (χ1) is 10.1. The molecule has 1 saturated heterocycles. The topological polar surface area (TPSA) is 74.5 Å². The van der Waals surface area contributed by atoms with Crippen molar-refractivity contribution in [1.82, 2.24) is 24.6 Å². The summed E-state index contributed by atoms with van der Waals surface area (Å²) in [7, 11) is 0. The number of aliphatic hydroxyl groups excluding tert-OH is 1. The molecule has 1 fully saturated rings. The number of amides is 1. The van der Waals surface area contributed by atoms with E-state index in [9.17, 15) is 9.90 Å². The first-order valence-electron chi connectivity index (χ1n) is 7.75. The molecule has 7 heteroatoms. The molecule has 0 spiro atoms. The smallest absolute Gasteiger partial charge is 0.251 e. The van der Waals surface area contributed by atoms with E-state index in [0.717, 1.165) is 44.2 Å². The lowest BCUT2D eigenvalue weighted by Gasteiger charge is -2.35. The normalized spacial score (nSPS) is 21.1. The van der Waals surface area contributed by atoms with Crippen LogP contribution in [0.3, 0.4) is 0 Å². The molecule has 0 bridgehead atoms. The average molecular weight is 293 g/mol. The van der Waals surface area contributed by atoms with Gasteiger partial charge >= 0.3 is 0 Å². The van der Waals surface area contributed by atoms with E-state index in [4.69, 9.17) is 0 Å². The minimum Gasteiger partial charge on any atom is -0.384 e. The van der Waals surface area contributed by atoms with Crippen molar-refractivity contribution >= 4 is 5.91 Å². The monoisotopic (exact) mass is 293 g/mol. The van der Waals surface area contributed by atoms with Gasteiger partial charge in [0.05, 0.1) is 6.54 Å². The van der Waals surface area contributed by atoms with E-state index < -0.39 is 6.10 Å². The van der Waals surface area contributed by atoms with Crippen molar-refractivity contribution < 1.29 is 9.90 Å². The zero-order valence-electron chi connectivity index (χ0n) is 12.5. The number of carbonyl (C=O) groups excluding carboxylic acids is 1. The summed E-state index contributed by atoms with van der Waals surface area (Å²) < 4.78 is 2.25. The molecule has 1 amide bonds. The Hall–Kier alpha value is -1.47. The molecule has 0 aromatic carbocycles. The minimum absolute atomic E-state index is 0.172. The first-order valence-corrected chi connectivity index (χ1v) is 7.75. The van der Waals surface area contributed by atoms with Gasteiger partial charge in [-0.1, -0.05) is 0 Å². The summed E-state index contributed by atoms with van der Waals surface area (Å²) in [4.78, 5) is 15.8. The van der Waals surface area contributed by atoms with Gasteiger partial charge in [-0.2, -0.15) is 0 Å². The van der Waals surface area contributed by atoms with Crippen LogP contribution in [0.4, 0.5) is 0 Å².